The van der Waals surface area contributed by atoms with Crippen molar-refractivity contribution in [3.63, 3.8) is 0 Å². The van der Waals surface area contributed by atoms with Gasteiger partial charge in [-0.2, -0.15) is 0 Å². The SMILES string of the molecule is Cn1cnc2cc(C3(CN)CCC(F)(F)CC3)ccc21. The summed E-state index contributed by atoms with van der Waals surface area (Å²) >= 11 is 0. The molecule has 0 aliphatic heterocycles. The van der Waals surface area contributed by atoms with Gasteiger partial charge in [0.25, 0.3) is 0 Å². The summed E-state index contributed by atoms with van der Waals surface area (Å²) in [5, 5.41) is 0. The van der Waals surface area contributed by atoms with Crippen LogP contribution < -0.4 is 5.73 Å². The van der Waals surface area contributed by atoms with Gasteiger partial charge in [-0.3, -0.25) is 0 Å². The van der Waals surface area contributed by atoms with E-state index in [0.717, 1.165) is 16.6 Å². The Morgan fingerprint density at radius 2 is 1.95 bits per heavy atom. The first-order valence-corrected chi connectivity index (χ1v) is 6.95. The molecular weight excluding hydrogens is 260 g/mol. The molecule has 0 atom stereocenters. The third-order valence-electron chi connectivity index (χ3n) is 4.67. The molecule has 2 aromatic rings. The van der Waals surface area contributed by atoms with Gasteiger partial charge in [-0.1, -0.05) is 6.07 Å². The Morgan fingerprint density at radius 3 is 2.60 bits per heavy atom. The topological polar surface area (TPSA) is 43.8 Å². The van der Waals surface area contributed by atoms with E-state index in [0.29, 0.717) is 19.4 Å². The molecule has 0 amide bonds. The second kappa shape index (κ2) is 4.52. The number of nitrogens with two attached hydrogens (primary N) is 1. The standard InChI is InChI=1S/C15H19F2N3/c1-20-10-19-12-8-11(2-3-13(12)20)14(9-18)4-6-15(16,17)7-5-14/h2-3,8,10H,4-7,9,18H2,1H3. The second-order valence-electron chi connectivity index (χ2n) is 5.90. The van der Waals surface area contributed by atoms with Gasteiger partial charge in [0.2, 0.25) is 5.92 Å². The highest BCUT2D eigenvalue weighted by Crippen LogP contribution is 2.45. The van der Waals surface area contributed by atoms with E-state index in [1.54, 1.807) is 6.33 Å². The summed E-state index contributed by atoms with van der Waals surface area (Å²) in [5.41, 5.74) is 8.60. The van der Waals surface area contributed by atoms with Crippen molar-refractivity contribution in [1.29, 1.82) is 0 Å². The number of rotatable bonds is 2. The van der Waals surface area contributed by atoms with Gasteiger partial charge in [-0.25, -0.2) is 13.8 Å². The van der Waals surface area contributed by atoms with Crippen molar-refractivity contribution in [2.45, 2.75) is 37.0 Å². The Hall–Kier alpha value is -1.49. The van der Waals surface area contributed by atoms with Crippen LogP contribution in [0.1, 0.15) is 31.2 Å². The maximum absolute atomic E-state index is 13.4. The molecule has 108 valence electrons. The molecule has 0 unspecified atom stereocenters. The zero-order valence-electron chi connectivity index (χ0n) is 11.6. The number of hydrogen-bond donors (Lipinski definition) is 1. The summed E-state index contributed by atoms with van der Waals surface area (Å²) in [7, 11) is 1.94. The Morgan fingerprint density at radius 1 is 1.25 bits per heavy atom. The van der Waals surface area contributed by atoms with Crippen LogP contribution in [-0.2, 0) is 12.5 Å². The van der Waals surface area contributed by atoms with Crippen molar-refractivity contribution >= 4 is 11.0 Å². The first kappa shape index (κ1) is 13.5. The highest BCUT2D eigenvalue weighted by molar-refractivity contribution is 5.76. The number of benzene rings is 1. The Balaban J connectivity index is 1.99. The van der Waals surface area contributed by atoms with Crippen molar-refractivity contribution in [1.82, 2.24) is 9.55 Å². The summed E-state index contributed by atoms with van der Waals surface area (Å²) in [6, 6.07) is 6.02. The summed E-state index contributed by atoms with van der Waals surface area (Å²) < 4.78 is 28.7. The number of fused-ring (bicyclic) bond motifs is 1. The lowest BCUT2D eigenvalue weighted by molar-refractivity contribution is -0.0509. The Labute approximate surface area is 116 Å². The molecule has 20 heavy (non-hydrogen) atoms. The van der Waals surface area contributed by atoms with E-state index in [-0.39, 0.29) is 18.3 Å². The lowest BCUT2D eigenvalue weighted by atomic mass is 9.68. The average Bonchev–Trinajstić information content (AvgIpc) is 2.81. The fourth-order valence-corrected chi connectivity index (χ4v) is 3.17. The Bertz CT molecular complexity index is 623. The molecule has 1 fully saturated rings. The monoisotopic (exact) mass is 279 g/mol. The first-order chi connectivity index (χ1) is 9.46. The van der Waals surface area contributed by atoms with Crippen molar-refractivity contribution in [3.8, 4) is 0 Å². The molecule has 0 bridgehead atoms. The molecule has 1 aliphatic carbocycles. The first-order valence-electron chi connectivity index (χ1n) is 6.95. The maximum Gasteiger partial charge on any atom is 0.248 e. The van der Waals surface area contributed by atoms with Crippen molar-refractivity contribution in [2.24, 2.45) is 12.8 Å². The van der Waals surface area contributed by atoms with Gasteiger partial charge in [0.1, 0.15) is 0 Å². The van der Waals surface area contributed by atoms with Crippen LogP contribution in [0.2, 0.25) is 0 Å². The number of hydrogen-bond acceptors (Lipinski definition) is 2. The molecule has 2 N–H and O–H groups in total. The number of aromatic nitrogens is 2. The zero-order valence-corrected chi connectivity index (χ0v) is 11.6. The van der Waals surface area contributed by atoms with E-state index >= 15 is 0 Å². The fraction of sp³-hybridized carbons (Fsp3) is 0.533. The van der Waals surface area contributed by atoms with Crippen LogP contribution in [-0.4, -0.2) is 22.0 Å². The molecule has 3 rings (SSSR count). The highest BCUT2D eigenvalue weighted by atomic mass is 19.3. The van der Waals surface area contributed by atoms with Crippen LogP contribution in [0, 0.1) is 0 Å². The average molecular weight is 279 g/mol. The molecule has 0 radical (unpaired) electrons. The van der Waals surface area contributed by atoms with Gasteiger partial charge in [0.15, 0.2) is 0 Å². The maximum atomic E-state index is 13.4. The van der Waals surface area contributed by atoms with Crippen molar-refractivity contribution < 1.29 is 8.78 Å². The summed E-state index contributed by atoms with van der Waals surface area (Å²) in [6.45, 7) is 0.404. The van der Waals surface area contributed by atoms with Gasteiger partial charge in [-0.15, -0.1) is 0 Å². The normalized spacial score (nSPS) is 21.2. The molecule has 0 spiro atoms. The van der Waals surface area contributed by atoms with Gasteiger partial charge in [-0.05, 0) is 30.5 Å². The predicted octanol–water partition coefficient (Wildman–Crippen LogP) is 2.98. The van der Waals surface area contributed by atoms with Crippen LogP contribution in [0.5, 0.6) is 0 Å². The smallest absolute Gasteiger partial charge is 0.248 e. The van der Waals surface area contributed by atoms with Crippen molar-refractivity contribution in [2.75, 3.05) is 6.54 Å². The van der Waals surface area contributed by atoms with Crippen LogP contribution in [0.15, 0.2) is 24.5 Å². The highest BCUT2D eigenvalue weighted by Gasteiger charge is 2.43. The van der Waals surface area contributed by atoms with Gasteiger partial charge in [0, 0.05) is 31.8 Å². The molecule has 0 saturated heterocycles. The molecule has 1 saturated carbocycles. The minimum Gasteiger partial charge on any atom is -0.334 e. The largest absolute Gasteiger partial charge is 0.334 e. The number of aryl methyl sites for hydroxylation is 1. The van der Waals surface area contributed by atoms with Crippen LogP contribution >= 0.6 is 0 Å². The fourth-order valence-electron chi connectivity index (χ4n) is 3.17. The number of alkyl halides is 2. The quantitative estimate of drug-likeness (QED) is 0.918. The minimum absolute atomic E-state index is 0.0789. The van der Waals surface area contributed by atoms with E-state index in [4.69, 9.17) is 5.73 Å². The van der Waals surface area contributed by atoms with Gasteiger partial charge >= 0.3 is 0 Å². The van der Waals surface area contributed by atoms with E-state index in [2.05, 4.69) is 4.98 Å². The molecule has 5 heteroatoms. The third kappa shape index (κ3) is 2.10. The van der Waals surface area contributed by atoms with Crippen molar-refractivity contribution in [3.05, 3.63) is 30.1 Å². The number of nitrogens with zero attached hydrogens (tertiary/aromatic N) is 2. The lowest BCUT2D eigenvalue weighted by Crippen LogP contribution is -2.42. The van der Waals surface area contributed by atoms with Gasteiger partial charge in [0.05, 0.1) is 17.4 Å². The molecule has 1 aliphatic rings. The van der Waals surface area contributed by atoms with Gasteiger partial charge < -0.3 is 10.3 Å². The molecule has 1 aromatic heterocycles. The van der Waals surface area contributed by atoms with E-state index in [1.165, 1.54) is 0 Å². The van der Waals surface area contributed by atoms with E-state index in [9.17, 15) is 8.78 Å². The van der Waals surface area contributed by atoms with E-state index < -0.39 is 5.92 Å². The minimum atomic E-state index is -2.53. The molecule has 3 nitrogen and oxygen atoms in total. The summed E-state index contributed by atoms with van der Waals surface area (Å²) in [6.07, 6.45) is 2.48. The summed E-state index contributed by atoms with van der Waals surface area (Å²) in [5.74, 6) is -2.53. The number of halogens is 2. The summed E-state index contributed by atoms with van der Waals surface area (Å²) in [4.78, 5) is 4.34. The second-order valence-corrected chi connectivity index (χ2v) is 5.90. The van der Waals surface area contributed by atoms with Crippen LogP contribution in [0.25, 0.3) is 11.0 Å². The molecular formula is C15H19F2N3. The van der Waals surface area contributed by atoms with E-state index in [1.807, 2.05) is 29.8 Å². The van der Waals surface area contributed by atoms with Crippen LogP contribution in [0.3, 0.4) is 0 Å². The molecule has 1 heterocycles. The predicted molar refractivity (Wildman–Crippen MR) is 74.9 cm³/mol. The van der Waals surface area contributed by atoms with Crippen LogP contribution in [0.4, 0.5) is 8.78 Å². The lowest BCUT2D eigenvalue weighted by Gasteiger charge is -2.39. The third-order valence-corrected chi connectivity index (χ3v) is 4.67. The zero-order chi connectivity index (χ0) is 14.4. The number of imidazole rings is 1. The Kier molecular flexibility index (Phi) is 3.05. The molecule has 1 aromatic carbocycles.